The van der Waals surface area contributed by atoms with E-state index >= 15 is 0 Å². The van der Waals surface area contributed by atoms with Crippen LogP contribution in [0.15, 0.2) is 52.7 Å². The SMILES string of the molecule is COC(=O)NC[C@H]1CCC(=O)N1CC1=C(c2ccn(C(F)F)n2)[C@H](c2ccc(F)cc2Cl)N=C(c2nccs2)N1. The van der Waals surface area contributed by atoms with Crippen molar-refractivity contribution < 1.29 is 27.5 Å². The number of likely N-dealkylation sites (tertiary alicyclic amines) is 1. The summed E-state index contributed by atoms with van der Waals surface area (Å²) in [5.74, 6) is -0.343. The normalized spacial score (nSPS) is 19.2. The van der Waals surface area contributed by atoms with Crippen molar-refractivity contribution >= 4 is 46.3 Å². The zero-order chi connectivity index (χ0) is 28.4. The van der Waals surface area contributed by atoms with Gasteiger partial charge in [0, 0.05) is 52.6 Å². The van der Waals surface area contributed by atoms with Gasteiger partial charge in [0.15, 0.2) is 10.8 Å². The summed E-state index contributed by atoms with van der Waals surface area (Å²) in [4.78, 5) is 35.4. The van der Waals surface area contributed by atoms with Gasteiger partial charge in [0.1, 0.15) is 11.9 Å². The number of alkyl halides is 2. The van der Waals surface area contributed by atoms with Crippen molar-refractivity contribution in [3.63, 3.8) is 0 Å². The number of nitrogens with one attached hydrogen (secondary N) is 2. The summed E-state index contributed by atoms with van der Waals surface area (Å²) in [5.41, 5.74) is 1.41. The van der Waals surface area contributed by atoms with Crippen LogP contribution in [-0.2, 0) is 9.53 Å². The van der Waals surface area contributed by atoms with Crippen molar-refractivity contribution in [2.24, 2.45) is 4.99 Å². The molecule has 0 aliphatic carbocycles. The van der Waals surface area contributed by atoms with Gasteiger partial charge in [0.25, 0.3) is 0 Å². The molecule has 0 bridgehead atoms. The summed E-state index contributed by atoms with van der Waals surface area (Å²) < 4.78 is 46.1. The molecule has 15 heteroatoms. The largest absolute Gasteiger partial charge is 0.453 e. The summed E-state index contributed by atoms with van der Waals surface area (Å²) >= 11 is 7.78. The fourth-order valence-corrected chi connectivity index (χ4v) is 5.53. The highest BCUT2D eigenvalue weighted by Gasteiger charge is 2.36. The van der Waals surface area contributed by atoms with Gasteiger partial charge >= 0.3 is 12.6 Å². The Hall–Kier alpha value is -3.91. The molecule has 2 aromatic heterocycles. The number of nitrogens with zero attached hydrogens (tertiary/aromatic N) is 5. The Morgan fingerprint density at radius 1 is 1.35 bits per heavy atom. The van der Waals surface area contributed by atoms with E-state index in [0.29, 0.717) is 38.8 Å². The maximum atomic E-state index is 14.0. The summed E-state index contributed by atoms with van der Waals surface area (Å²) in [7, 11) is 1.24. The second-order valence-corrected chi connectivity index (χ2v) is 10.2. The van der Waals surface area contributed by atoms with Crippen LogP contribution in [0.5, 0.6) is 0 Å². The zero-order valence-electron chi connectivity index (χ0n) is 21.0. The van der Waals surface area contributed by atoms with Crippen molar-refractivity contribution in [3.05, 3.63) is 74.8 Å². The molecule has 2 aliphatic heterocycles. The Labute approximate surface area is 235 Å². The van der Waals surface area contributed by atoms with Gasteiger partial charge in [0.2, 0.25) is 5.91 Å². The Morgan fingerprint density at radius 3 is 2.85 bits per heavy atom. The molecular weight excluding hydrogens is 571 g/mol. The second kappa shape index (κ2) is 11.7. The number of aliphatic imine (C=N–C) groups is 1. The van der Waals surface area contributed by atoms with Crippen LogP contribution in [0.1, 0.15) is 41.7 Å². The number of amides is 2. The topological polar surface area (TPSA) is 114 Å². The zero-order valence-corrected chi connectivity index (χ0v) is 22.6. The van der Waals surface area contributed by atoms with E-state index in [1.165, 1.54) is 36.6 Å². The Bertz CT molecular complexity index is 1480. The molecular formula is C25H23ClF3N7O3S. The molecule has 2 amide bonds. The number of amidine groups is 1. The van der Waals surface area contributed by atoms with Crippen molar-refractivity contribution in [1.82, 2.24) is 30.3 Å². The molecule has 5 rings (SSSR count). The van der Waals surface area contributed by atoms with E-state index in [9.17, 15) is 22.8 Å². The number of carbonyl (C=O) groups is 2. The van der Waals surface area contributed by atoms with E-state index in [1.807, 2.05) is 0 Å². The van der Waals surface area contributed by atoms with E-state index in [0.717, 1.165) is 12.3 Å². The van der Waals surface area contributed by atoms with Gasteiger partial charge in [-0.25, -0.2) is 18.9 Å². The van der Waals surface area contributed by atoms with Crippen LogP contribution < -0.4 is 10.6 Å². The number of carbonyl (C=O) groups excluding carboxylic acids is 2. The standard InChI is InChI=1S/C25H23ClF3N7O3S/c1-39-25(38)31-11-14-3-5-19(37)35(14)12-18-20(17-6-8-36(34-17)24(28)29)21(15-4-2-13(27)10-16(15)26)33-22(32-18)23-30-7-9-40-23/h2,4,6-10,14,21,24H,3,5,11-12H2,1H3,(H,31,38)(H,32,33)/t14-,21+/m1/s1. The molecule has 0 unspecified atom stereocenters. The molecule has 1 aromatic carbocycles. The Balaban J connectivity index is 1.63. The van der Waals surface area contributed by atoms with Crippen molar-refractivity contribution in [2.75, 3.05) is 20.2 Å². The lowest BCUT2D eigenvalue weighted by molar-refractivity contribution is -0.128. The summed E-state index contributed by atoms with van der Waals surface area (Å²) in [6, 6.07) is 4.02. The molecule has 2 atom stereocenters. The lowest BCUT2D eigenvalue weighted by atomic mass is 9.93. The lowest BCUT2D eigenvalue weighted by Crippen LogP contribution is -2.45. The highest BCUT2D eigenvalue weighted by Crippen LogP contribution is 2.41. The van der Waals surface area contributed by atoms with Gasteiger partial charge in [-0.2, -0.15) is 13.9 Å². The van der Waals surface area contributed by atoms with Gasteiger partial charge in [-0.3, -0.25) is 9.79 Å². The third-order valence-electron chi connectivity index (χ3n) is 6.55. The number of halogens is 4. The average Bonchev–Trinajstić information content (AvgIpc) is 3.70. The highest BCUT2D eigenvalue weighted by atomic mass is 35.5. The highest BCUT2D eigenvalue weighted by molar-refractivity contribution is 7.11. The summed E-state index contributed by atoms with van der Waals surface area (Å²) in [6.07, 6.45) is 2.86. The molecule has 40 heavy (non-hydrogen) atoms. The lowest BCUT2D eigenvalue weighted by Gasteiger charge is -2.32. The summed E-state index contributed by atoms with van der Waals surface area (Å²) in [6.45, 7) is -2.71. The first-order valence-corrected chi connectivity index (χ1v) is 13.4. The fraction of sp³-hybridized carbons (Fsp3) is 0.320. The number of hydrogen-bond acceptors (Lipinski definition) is 8. The number of hydrogen-bond donors (Lipinski definition) is 2. The molecule has 10 nitrogen and oxygen atoms in total. The fourth-order valence-electron chi connectivity index (χ4n) is 4.67. The third-order valence-corrected chi connectivity index (χ3v) is 7.66. The number of methoxy groups -OCH3 is 1. The van der Waals surface area contributed by atoms with Crippen LogP contribution in [0, 0.1) is 5.82 Å². The second-order valence-electron chi connectivity index (χ2n) is 8.95. The number of thiazole rings is 1. The van der Waals surface area contributed by atoms with E-state index < -0.39 is 24.5 Å². The number of ether oxygens (including phenoxy) is 1. The first-order valence-electron chi connectivity index (χ1n) is 12.1. The molecule has 210 valence electrons. The van der Waals surface area contributed by atoms with Crippen molar-refractivity contribution in [2.45, 2.75) is 31.5 Å². The first-order chi connectivity index (χ1) is 19.2. The van der Waals surface area contributed by atoms with Gasteiger partial charge < -0.3 is 20.3 Å². The number of benzene rings is 1. The number of rotatable bonds is 8. The minimum Gasteiger partial charge on any atom is -0.453 e. The molecule has 4 heterocycles. The van der Waals surface area contributed by atoms with Gasteiger partial charge in [-0.05, 0) is 24.6 Å². The molecule has 0 spiro atoms. The van der Waals surface area contributed by atoms with Gasteiger partial charge in [0.05, 0.1) is 25.4 Å². The Kier molecular flexibility index (Phi) is 8.07. The molecule has 1 fully saturated rings. The minimum absolute atomic E-state index is 0.0168. The Morgan fingerprint density at radius 2 is 2.17 bits per heavy atom. The van der Waals surface area contributed by atoms with Crippen LogP contribution in [0.25, 0.3) is 5.57 Å². The van der Waals surface area contributed by atoms with Crippen LogP contribution in [0.2, 0.25) is 5.02 Å². The smallest absolute Gasteiger partial charge is 0.406 e. The van der Waals surface area contributed by atoms with Crippen LogP contribution in [-0.4, -0.2) is 63.7 Å². The van der Waals surface area contributed by atoms with Crippen LogP contribution in [0.4, 0.5) is 18.0 Å². The monoisotopic (exact) mass is 593 g/mol. The van der Waals surface area contributed by atoms with Crippen molar-refractivity contribution in [1.29, 1.82) is 0 Å². The third kappa shape index (κ3) is 5.68. The molecule has 0 saturated carbocycles. The molecule has 3 aromatic rings. The average molecular weight is 594 g/mol. The minimum atomic E-state index is -2.88. The van der Waals surface area contributed by atoms with Crippen molar-refractivity contribution in [3.8, 4) is 0 Å². The molecule has 2 aliphatic rings. The van der Waals surface area contributed by atoms with Gasteiger partial charge in [-0.1, -0.05) is 17.7 Å². The predicted molar refractivity (Wildman–Crippen MR) is 141 cm³/mol. The van der Waals surface area contributed by atoms with E-state index in [-0.39, 0.29) is 42.2 Å². The maximum Gasteiger partial charge on any atom is 0.406 e. The number of aromatic nitrogens is 3. The maximum absolute atomic E-state index is 14.0. The quantitative estimate of drug-likeness (QED) is 0.401. The van der Waals surface area contributed by atoms with Crippen LogP contribution in [0.3, 0.4) is 0 Å². The molecule has 1 saturated heterocycles. The van der Waals surface area contributed by atoms with Gasteiger partial charge in [-0.15, -0.1) is 11.3 Å². The van der Waals surface area contributed by atoms with E-state index in [1.54, 1.807) is 16.5 Å². The molecule has 2 N–H and O–H groups in total. The van der Waals surface area contributed by atoms with E-state index in [2.05, 4.69) is 25.5 Å². The first kappa shape index (κ1) is 27.6. The number of alkyl carbamates (subject to hydrolysis) is 1. The van der Waals surface area contributed by atoms with E-state index in [4.69, 9.17) is 16.6 Å². The predicted octanol–water partition coefficient (Wildman–Crippen LogP) is 4.38. The van der Waals surface area contributed by atoms with Crippen LogP contribution >= 0.6 is 22.9 Å². The molecule has 0 radical (unpaired) electrons. The summed E-state index contributed by atoms with van der Waals surface area (Å²) in [5, 5.41) is 12.3.